The molecule has 3 aromatic rings. The molecule has 1 aliphatic rings. The molecule has 1 atom stereocenters. The average molecular weight is 489 g/mol. The van der Waals surface area contributed by atoms with E-state index in [1.165, 1.54) is 33.3 Å². The van der Waals surface area contributed by atoms with Crippen LogP contribution < -0.4 is 10.9 Å². The minimum Gasteiger partial charge on any atom is -0.320 e. The van der Waals surface area contributed by atoms with Crippen molar-refractivity contribution < 1.29 is 13.2 Å². The van der Waals surface area contributed by atoms with Gasteiger partial charge in [-0.2, -0.15) is 4.31 Å². The lowest BCUT2D eigenvalue weighted by molar-refractivity contribution is -0.120. The first-order valence-corrected chi connectivity index (χ1v) is 12.4. The summed E-state index contributed by atoms with van der Waals surface area (Å²) in [7, 11) is -2.00. The molecule has 1 aromatic heterocycles. The van der Waals surface area contributed by atoms with Crippen molar-refractivity contribution in [3.63, 3.8) is 0 Å². The van der Waals surface area contributed by atoms with E-state index >= 15 is 0 Å². The number of nitrogens with zero attached hydrogens (tertiary/aromatic N) is 3. The number of rotatable bonds is 5. The van der Waals surface area contributed by atoms with E-state index in [0.717, 1.165) is 0 Å². The van der Waals surface area contributed by atoms with E-state index in [0.29, 0.717) is 35.8 Å². The molecule has 10 heteroatoms. The lowest BCUT2D eigenvalue weighted by atomic mass is 9.99. The predicted octanol–water partition coefficient (Wildman–Crippen LogP) is 3.18. The van der Waals surface area contributed by atoms with Gasteiger partial charge in [-0.3, -0.25) is 14.3 Å². The number of nitrogens with one attached hydrogen (secondary N) is 1. The number of piperidine rings is 1. The molecule has 0 spiro atoms. The molecule has 174 valence electrons. The smallest absolute Gasteiger partial charge is 0.295 e. The Hall–Kier alpha value is -2.88. The average Bonchev–Trinajstić information content (AvgIpc) is 3.03. The Morgan fingerprint density at radius 1 is 1.09 bits per heavy atom. The van der Waals surface area contributed by atoms with Gasteiger partial charge in [-0.15, -0.1) is 0 Å². The lowest BCUT2D eigenvalue weighted by Gasteiger charge is -2.31. The molecule has 2 heterocycles. The molecular weight excluding hydrogens is 464 g/mol. The molecule has 0 aliphatic carbocycles. The van der Waals surface area contributed by atoms with Crippen LogP contribution in [0.25, 0.3) is 5.69 Å². The van der Waals surface area contributed by atoms with E-state index in [4.69, 9.17) is 11.6 Å². The molecule has 1 fully saturated rings. The topological polar surface area (TPSA) is 93.4 Å². The van der Waals surface area contributed by atoms with Crippen molar-refractivity contribution in [2.24, 2.45) is 13.0 Å². The maximum atomic E-state index is 13.1. The van der Waals surface area contributed by atoms with Crippen LogP contribution in [0.2, 0.25) is 5.02 Å². The number of amides is 1. The molecule has 33 heavy (non-hydrogen) atoms. The minimum absolute atomic E-state index is 0.0511. The molecule has 8 nitrogen and oxygen atoms in total. The lowest BCUT2D eigenvalue weighted by Crippen LogP contribution is -2.44. The largest absolute Gasteiger partial charge is 0.320 e. The van der Waals surface area contributed by atoms with Gasteiger partial charge in [-0.1, -0.05) is 29.8 Å². The molecule has 1 N–H and O–H groups in total. The summed E-state index contributed by atoms with van der Waals surface area (Å²) in [5.74, 6) is -0.929. The summed E-state index contributed by atoms with van der Waals surface area (Å²) in [6.45, 7) is 2.14. The number of benzene rings is 2. The van der Waals surface area contributed by atoms with Gasteiger partial charge in [-0.25, -0.2) is 13.1 Å². The molecule has 0 unspecified atom stereocenters. The van der Waals surface area contributed by atoms with Crippen LogP contribution in [0.5, 0.6) is 0 Å². The second kappa shape index (κ2) is 9.17. The highest BCUT2D eigenvalue weighted by atomic mass is 35.5. The van der Waals surface area contributed by atoms with E-state index in [1.54, 1.807) is 18.7 Å². The first kappa shape index (κ1) is 23.3. The highest BCUT2D eigenvalue weighted by Gasteiger charge is 2.34. The van der Waals surface area contributed by atoms with Crippen LogP contribution in [-0.4, -0.2) is 41.1 Å². The minimum atomic E-state index is -3.75. The molecule has 2 aromatic carbocycles. The van der Waals surface area contributed by atoms with Gasteiger partial charge in [0.1, 0.15) is 5.69 Å². The second-order valence-corrected chi connectivity index (χ2v) is 10.5. The molecule has 0 saturated carbocycles. The van der Waals surface area contributed by atoms with Gasteiger partial charge in [0.15, 0.2) is 0 Å². The summed E-state index contributed by atoms with van der Waals surface area (Å²) in [5.41, 5.74) is 1.16. The van der Waals surface area contributed by atoms with E-state index in [2.05, 4.69) is 5.32 Å². The van der Waals surface area contributed by atoms with Crippen molar-refractivity contribution in [3.8, 4) is 5.69 Å². The molecule has 1 saturated heterocycles. The maximum Gasteiger partial charge on any atom is 0.295 e. The third-order valence-corrected chi connectivity index (χ3v) is 8.14. The number of carbonyl (C=O) groups is 1. The summed E-state index contributed by atoms with van der Waals surface area (Å²) in [6.07, 6.45) is 1.09. The number of sulfonamides is 1. The van der Waals surface area contributed by atoms with Crippen LogP contribution in [0.15, 0.2) is 64.3 Å². The first-order chi connectivity index (χ1) is 15.7. The third-order valence-electron chi connectivity index (χ3n) is 6.01. The SMILES string of the molecule is Cc1c(NC(=O)[C@@H]2CCCN(S(=O)(=O)c3ccc(Cl)cc3)C2)c(=O)n(-c2ccccc2)n1C. The monoisotopic (exact) mass is 488 g/mol. The Kier molecular flexibility index (Phi) is 6.47. The quantitative estimate of drug-likeness (QED) is 0.597. The van der Waals surface area contributed by atoms with E-state index in [9.17, 15) is 18.0 Å². The zero-order valence-corrected chi connectivity index (χ0v) is 19.9. The fourth-order valence-corrected chi connectivity index (χ4v) is 5.72. The normalized spacial score (nSPS) is 17.1. The highest BCUT2D eigenvalue weighted by Crippen LogP contribution is 2.26. The van der Waals surface area contributed by atoms with Crippen molar-refractivity contribution in [2.75, 3.05) is 18.4 Å². The van der Waals surface area contributed by atoms with Crippen LogP contribution in [0.3, 0.4) is 0 Å². The van der Waals surface area contributed by atoms with E-state index < -0.39 is 15.9 Å². The van der Waals surface area contributed by atoms with Gasteiger partial charge in [0.05, 0.1) is 22.2 Å². The molecule has 4 rings (SSSR count). The summed E-state index contributed by atoms with van der Waals surface area (Å²) in [6, 6.07) is 15.1. The fraction of sp³-hybridized carbons (Fsp3) is 0.304. The maximum absolute atomic E-state index is 13.1. The molecule has 0 radical (unpaired) electrons. The first-order valence-electron chi connectivity index (χ1n) is 10.6. The number of halogens is 1. The molecule has 0 bridgehead atoms. The Morgan fingerprint density at radius 2 is 1.76 bits per heavy atom. The van der Waals surface area contributed by atoms with Crippen LogP contribution in [0.4, 0.5) is 5.69 Å². The molecule has 1 amide bonds. The number of hydrogen-bond donors (Lipinski definition) is 1. The number of para-hydroxylation sites is 1. The number of aromatic nitrogens is 2. The number of hydrogen-bond acceptors (Lipinski definition) is 4. The van der Waals surface area contributed by atoms with Crippen LogP contribution >= 0.6 is 11.6 Å². The Morgan fingerprint density at radius 3 is 2.42 bits per heavy atom. The van der Waals surface area contributed by atoms with Crippen LogP contribution in [0.1, 0.15) is 18.5 Å². The Bertz CT molecular complexity index is 1330. The molecule has 1 aliphatic heterocycles. The second-order valence-electron chi connectivity index (χ2n) is 8.08. The van der Waals surface area contributed by atoms with E-state index in [1.807, 2.05) is 30.3 Å². The fourth-order valence-electron chi connectivity index (χ4n) is 4.07. The van der Waals surface area contributed by atoms with Gasteiger partial charge in [-0.05, 0) is 56.2 Å². The summed E-state index contributed by atoms with van der Waals surface area (Å²) in [4.78, 5) is 26.3. The van der Waals surface area contributed by atoms with Gasteiger partial charge >= 0.3 is 0 Å². The summed E-state index contributed by atoms with van der Waals surface area (Å²) < 4.78 is 30.6. The van der Waals surface area contributed by atoms with Crippen molar-refractivity contribution >= 4 is 33.2 Å². The van der Waals surface area contributed by atoms with Crippen molar-refractivity contribution in [2.45, 2.75) is 24.7 Å². The molecular formula is C23H25ClN4O4S. The van der Waals surface area contributed by atoms with E-state index in [-0.39, 0.29) is 28.6 Å². The van der Waals surface area contributed by atoms with Gasteiger partial charge in [0.2, 0.25) is 15.9 Å². The van der Waals surface area contributed by atoms with Crippen molar-refractivity contribution in [1.82, 2.24) is 13.7 Å². The zero-order valence-electron chi connectivity index (χ0n) is 18.4. The van der Waals surface area contributed by atoms with Gasteiger partial charge < -0.3 is 5.32 Å². The highest BCUT2D eigenvalue weighted by molar-refractivity contribution is 7.89. The van der Waals surface area contributed by atoms with Crippen molar-refractivity contribution in [3.05, 3.63) is 75.7 Å². The van der Waals surface area contributed by atoms with Crippen LogP contribution in [0, 0.1) is 12.8 Å². The number of carbonyl (C=O) groups excluding carboxylic acids is 1. The van der Waals surface area contributed by atoms with Gasteiger partial charge in [0, 0.05) is 25.2 Å². The predicted molar refractivity (Wildman–Crippen MR) is 127 cm³/mol. The third kappa shape index (κ3) is 4.48. The Balaban J connectivity index is 1.55. The summed E-state index contributed by atoms with van der Waals surface area (Å²) >= 11 is 5.88. The van der Waals surface area contributed by atoms with Crippen molar-refractivity contribution in [1.29, 1.82) is 0 Å². The van der Waals surface area contributed by atoms with Gasteiger partial charge in [0.25, 0.3) is 5.56 Å². The Labute approximate surface area is 197 Å². The zero-order chi connectivity index (χ0) is 23.8. The summed E-state index contributed by atoms with van der Waals surface area (Å²) in [5, 5.41) is 3.21. The standard InChI is InChI=1S/C23H25ClN4O4S/c1-16-21(23(30)28(26(16)2)19-8-4-3-5-9-19)25-22(29)17-7-6-14-27(15-17)33(31,32)20-12-10-18(24)11-13-20/h3-5,8-13,17H,6-7,14-15H2,1-2H3,(H,25,29)/t17-/m1/s1. The number of anilines is 1. The van der Waals surface area contributed by atoms with Crippen LogP contribution in [-0.2, 0) is 21.9 Å².